The average molecular weight is 229 g/mol. The van der Waals surface area contributed by atoms with Crippen molar-refractivity contribution in [2.75, 3.05) is 13.1 Å². The lowest BCUT2D eigenvalue weighted by molar-refractivity contribution is -0.120. The first-order valence-electron chi connectivity index (χ1n) is 5.53. The first-order chi connectivity index (χ1) is 7.22. The standard InChI is InChI=1S/C10H19N3OS/c1-2-3-6-11-10(15)12-7-9(14)13-8-4-5-8/h8H,2-7H2,1H3,(H,13,14)(H2,11,12,15). The molecule has 0 bridgehead atoms. The molecule has 4 nitrogen and oxygen atoms in total. The third-order valence-corrected chi connectivity index (χ3v) is 2.46. The number of amides is 1. The van der Waals surface area contributed by atoms with E-state index in [0.29, 0.717) is 11.2 Å². The van der Waals surface area contributed by atoms with E-state index < -0.39 is 0 Å². The Morgan fingerprint density at radius 1 is 1.40 bits per heavy atom. The van der Waals surface area contributed by atoms with Gasteiger partial charge in [-0.3, -0.25) is 4.79 Å². The maximum absolute atomic E-state index is 11.3. The van der Waals surface area contributed by atoms with Crippen molar-refractivity contribution in [3.8, 4) is 0 Å². The minimum atomic E-state index is 0.0251. The second kappa shape index (κ2) is 6.61. The zero-order chi connectivity index (χ0) is 11.1. The van der Waals surface area contributed by atoms with Crippen LogP contribution in [0.1, 0.15) is 32.6 Å². The van der Waals surface area contributed by atoms with E-state index in [1.165, 1.54) is 0 Å². The largest absolute Gasteiger partial charge is 0.363 e. The quantitative estimate of drug-likeness (QED) is 0.459. The van der Waals surface area contributed by atoms with Crippen LogP contribution in [0.4, 0.5) is 0 Å². The van der Waals surface area contributed by atoms with Crippen LogP contribution in [0, 0.1) is 0 Å². The molecule has 3 N–H and O–H groups in total. The van der Waals surface area contributed by atoms with Gasteiger partial charge in [-0.15, -0.1) is 0 Å². The fraction of sp³-hybridized carbons (Fsp3) is 0.800. The summed E-state index contributed by atoms with van der Waals surface area (Å²) in [5.74, 6) is 0.0251. The number of hydrogen-bond acceptors (Lipinski definition) is 2. The van der Waals surface area contributed by atoms with Gasteiger partial charge in [-0.2, -0.15) is 0 Å². The maximum Gasteiger partial charge on any atom is 0.239 e. The van der Waals surface area contributed by atoms with E-state index in [0.717, 1.165) is 32.2 Å². The highest BCUT2D eigenvalue weighted by molar-refractivity contribution is 7.80. The fourth-order valence-corrected chi connectivity index (χ4v) is 1.28. The molecule has 0 heterocycles. The Hall–Kier alpha value is -0.840. The van der Waals surface area contributed by atoms with E-state index >= 15 is 0 Å². The van der Waals surface area contributed by atoms with Crippen molar-refractivity contribution >= 4 is 23.2 Å². The van der Waals surface area contributed by atoms with Gasteiger partial charge in [0.2, 0.25) is 5.91 Å². The van der Waals surface area contributed by atoms with E-state index in [2.05, 4.69) is 22.9 Å². The van der Waals surface area contributed by atoms with Crippen molar-refractivity contribution in [1.29, 1.82) is 0 Å². The smallest absolute Gasteiger partial charge is 0.239 e. The molecule has 0 aliphatic heterocycles. The van der Waals surface area contributed by atoms with Gasteiger partial charge >= 0.3 is 0 Å². The Labute approximate surface area is 96.2 Å². The first kappa shape index (κ1) is 12.2. The Morgan fingerprint density at radius 3 is 2.73 bits per heavy atom. The van der Waals surface area contributed by atoms with Gasteiger partial charge in [-0.25, -0.2) is 0 Å². The molecule has 0 radical (unpaired) electrons. The molecule has 5 heteroatoms. The summed E-state index contributed by atoms with van der Waals surface area (Å²) in [7, 11) is 0. The second-order valence-electron chi connectivity index (χ2n) is 3.80. The SMILES string of the molecule is CCCCNC(=S)NCC(=O)NC1CC1. The lowest BCUT2D eigenvalue weighted by Crippen LogP contribution is -2.42. The van der Waals surface area contributed by atoms with Crippen LogP contribution in [0.15, 0.2) is 0 Å². The van der Waals surface area contributed by atoms with Crippen LogP contribution < -0.4 is 16.0 Å². The summed E-state index contributed by atoms with van der Waals surface area (Å²) < 4.78 is 0. The van der Waals surface area contributed by atoms with E-state index in [4.69, 9.17) is 12.2 Å². The first-order valence-corrected chi connectivity index (χ1v) is 5.94. The van der Waals surface area contributed by atoms with Crippen LogP contribution in [0.25, 0.3) is 0 Å². The summed E-state index contributed by atoms with van der Waals surface area (Å²) in [5, 5.41) is 9.38. The Balaban J connectivity index is 1.97. The summed E-state index contributed by atoms with van der Waals surface area (Å²) in [5.41, 5.74) is 0. The number of thiocarbonyl (C=S) groups is 1. The summed E-state index contributed by atoms with van der Waals surface area (Å²) >= 11 is 5.01. The molecule has 86 valence electrons. The Bertz CT molecular complexity index is 229. The molecule has 0 spiro atoms. The molecule has 1 amide bonds. The second-order valence-corrected chi connectivity index (χ2v) is 4.21. The van der Waals surface area contributed by atoms with Gasteiger partial charge in [0.05, 0.1) is 6.54 Å². The number of carbonyl (C=O) groups is 1. The highest BCUT2D eigenvalue weighted by Crippen LogP contribution is 2.17. The van der Waals surface area contributed by atoms with Crippen LogP contribution in [0.3, 0.4) is 0 Å². The third-order valence-electron chi connectivity index (χ3n) is 2.17. The molecule has 1 aliphatic rings. The summed E-state index contributed by atoms with van der Waals surface area (Å²) in [6.07, 6.45) is 4.46. The highest BCUT2D eigenvalue weighted by Gasteiger charge is 2.22. The van der Waals surface area contributed by atoms with E-state index in [9.17, 15) is 4.79 Å². The number of carbonyl (C=O) groups excluding carboxylic acids is 1. The van der Waals surface area contributed by atoms with Gasteiger partial charge in [0.25, 0.3) is 0 Å². The normalized spacial score (nSPS) is 14.5. The summed E-state index contributed by atoms with van der Waals surface area (Å²) in [6.45, 7) is 3.27. The molecule has 0 unspecified atom stereocenters. The molecule has 1 saturated carbocycles. The van der Waals surface area contributed by atoms with Gasteiger partial charge in [0, 0.05) is 12.6 Å². The topological polar surface area (TPSA) is 53.2 Å². The molecule has 0 aromatic rings. The van der Waals surface area contributed by atoms with Crippen molar-refractivity contribution in [2.45, 2.75) is 38.6 Å². The lowest BCUT2D eigenvalue weighted by atomic mass is 10.3. The minimum Gasteiger partial charge on any atom is -0.363 e. The zero-order valence-corrected chi connectivity index (χ0v) is 9.95. The predicted octanol–water partition coefficient (Wildman–Crippen LogP) is 0.529. The fourth-order valence-electron chi connectivity index (χ4n) is 1.11. The van der Waals surface area contributed by atoms with Crippen molar-refractivity contribution < 1.29 is 4.79 Å². The molecule has 15 heavy (non-hydrogen) atoms. The van der Waals surface area contributed by atoms with E-state index in [-0.39, 0.29) is 12.5 Å². The van der Waals surface area contributed by atoms with Gasteiger partial charge in [0.1, 0.15) is 0 Å². The number of rotatable bonds is 6. The number of hydrogen-bond donors (Lipinski definition) is 3. The summed E-state index contributed by atoms with van der Waals surface area (Å²) in [4.78, 5) is 11.3. The van der Waals surface area contributed by atoms with Crippen molar-refractivity contribution in [1.82, 2.24) is 16.0 Å². The minimum absolute atomic E-state index is 0.0251. The molecular weight excluding hydrogens is 210 g/mol. The van der Waals surface area contributed by atoms with Crippen LogP contribution in [-0.4, -0.2) is 30.2 Å². The molecule has 0 aromatic carbocycles. The number of unbranched alkanes of at least 4 members (excludes halogenated alkanes) is 1. The summed E-state index contributed by atoms with van der Waals surface area (Å²) in [6, 6.07) is 0.418. The van der Waals surface area contributed by atoms with Crippen molar-refractivity contribution in [3.05, 3.63) is 0 Å². The lowest BCUT2D eigenvalue weighted by Gasteiger charge is -2.09. The van der Waals surface area contributed by atoms with E-state index in [1.807, 2.05) is 0 Å². The Kier molecular flexibility index (Phi) is 5.39. The molecule has 0 aromatic heterocycles. The van der Waals surface area contributed by atoms with Crippen molar-refractivity contribution in [3.63, 3.8) is 0 Å². The van der Waals surface area contributed by atoms with Crippen molar-refractivity contribution in [2.24, 2.45) is 0 Å². The monoisotopic (exact) mass is 229 g/mol. The molecule has 0 saturated heterocycles. The van der Waals surface area contributed by atoms with Gasteiger partial charge in [-0.1, -0.05) is 13.3 Å². The molecule has 1 fully saturated rings. The number of nitrogens with one attached hydrogen (secondary N) is 3. The van der Waals surface area contributed by atoms with Crippen LogP contribution in [0.2, 0.25) is 0 Å². The third kappa shape index (κ3) is 6.28. The average Bonchev–Trinajstić information content (AvgIpc) is 2.99. The molecule has 1 rings (SSSR count). The Morgan fingerprint density at radius 2 is 2.13 bits per heavy atom. The molecule has 1 aliphatic carbocycles. The zero-order valence-electron chi connectivity index (χ0n) is 9.14. The highest BCUT2D eigenvalue weighted by atomic mass is 32.1. The predicted molar refractivity (Wildman–Crippen MR) is 64.7 cm³/mol. The van der Waals surface area contributed by atoms with Crippen LogP contribution in [-0.2, 0) is 4.79 Å². The van der Waals surface area contributed by atoms with Gasteiger partial charge in [0.15, 0.2) is 5.11 Å². The van der Waals surface area contributed by atoms with Gasteiger partial charge < -0.3 is 16.0 Å². The van der Waals surface area contributed by atoms with Crippen LogP contribution >= 0.6 is 12.2 Å². The molecule has 0 atom stereocenters. The van der Waals surface area contributed by atoms with E-state index in [1.54, 1.807) is 0 Å². The maximum atomic E-state index is 11.3. The van der Waals surface area contributed by atoms with Crippen LogP contribution in [0.5, 0.6) is 0 Å². The van der Waals surface area contributed by atoms with Gasteiger partial charge in [-0.05, 0) is 31.5 Å². The molecular formula is C10H19N3OS.